The Kier molecular flexibility index (Phi) is 14.6. The molecule has 3 saturated carbocycles. The van der Waals surface area contributed by atoms with Crippen LogP contribution in [0.4, 0.5) is 4.79 Å². The summed E-state index contributed by atoms with van der Waals surface area (Å²) in [6, 6.07) is 4.84. The maximum atomic E-state index is 14.5. The van der Waals surface area contributed by atoms with Gasteiger partial charge in [0.2, 0.25) is 29.4 Å². The highest BCUT2D eigenvalue weighted by atomic mass is 127. The number of benzene rings is 1. The summed E-state index contributed by atoms with van der Waals surface area (Å²) in [7, 11) is 3.15. The Morgan fingerprint density at radius 3 is 2.16 bits per heavy atom. The van der Waals surface area contributed by atoms with Crippen LogP contribution in [0.3, 0.4) is 0 Å². The Balaban J connectivity index is 1.29. The van der Waals surface area contributed by atoms with Crippen LogP contribution in [0.5, 0.6) is 0 Å². The predicted octanol–water partition coefficient (Wildman–Crippen LogP) is 3.77. The molecule has 4 aliphatic rings. The van der Waals surface area contributed by atoms with E-state index in [1.54, 1.807) is 63.2 Å². The monoisotopic (exact) mass is 876 g/mol. The second-order valence-electron chi connectivity index (χ2n) is 16.3. The van der Waals surface area contributed by atoms with Gasteiger partial charge in [-0.1, -0.05) is 75.3 Å². The summed E-state index contributed by atoms with van der Waals surface area (Å²) in [6.45, 7) is 3.31. The molecule has 0 aromatic heterocycles. The van der Waals surface area contributed by atoms with Gasteiger partial charge in [-0.3, -0.25) is 28.8 Å². The highest BCUT2D eigenvalue weighted by molar-refractivity contribution is 14.1. The molecule has 6 amide bonds. The number of Topliss-reactive ketones (excluding diaryl/α,β-unsaturated/α-hetero) is 1. The number of ketones is 1. The fourth-order valence-electron chi connectivity index (χ4n) is 8.63. The van der Waals surface area contributed by atoms with Gasteiger partial charge in [0.1, 0.15) is 18.1 Å². The van der Waals surface area contributed by atoms with E-state index >= 15 is 0 Å². The number of hydrogen-bond donors (Lipinski definition) is 4. The second kappa shape index (κ2) is 18.9. The van der Waals surface area contributed by atoms with E-state index in [9.17, 15) is 33.6 Å². The first-order valence-electron chi connectivity index (χ1n) is 19.8. The lowest BCUT2D eigenvalue weighted by atomic mass is 9.80. The zero-order chi connectivity index (χ0) is 39.9. The van der Waals surface area contributed by atoms with Crippen LogP contribution >= 0.6 is 22.6 Å². The Morgan fingerprint density at radius 1 is 0.873 bits per heavy atom. The number of ether oxygens (including phenoxy) is 1. The molecule has 302 valence electrons. The van der Waals surface area contributed by atoms with E-state index in [0.717, 1.165) is 70.6 Å². The van der Waals surface area contributed by atoms with Gasteiger partial charge < -0.3 is 35.8 Å². The minimum atomic E-state index is -1.15. The Morgan fingerprint density at radius 2 is 1.55 bits per heavy atom. The molecule has 1 aromatic rings. The molecule has 0 spiro atoms. The summed E-state index contributed by atoms with van der Waals surface area (Å²) in [5.74, 6) is -3.70. The second-order valence-corrected chi connectivity index (χ2v) is 18.9. The number of fused-ring (bicyclic) bond motifs is 1. The van der Waals surface area contributed by atoms with Crippen molar-refractivity contribution >= 4 is 64.0 Å². The highest BCUT2D eigenvalue weighted by Gasteiger charge is 2.52. The average molecular weight is 877 g/mol. The lowest BCUT2D eigenvalue weighted by molar-refractivity contribution is -0.144. The van der Waals surface area contributed by atoms with Crippen LogP contribution in [-0.4, -0.2) is 100 Å². The van der Waals surface area contributed by atoms with Crippen molar-refractivity contribution in [2.45, 2.75) is 119 Å². The van der Waals surface area contributed by atoms with Gasteiger partial charge in [-0.05, 0) is 97.8 Å². The standard InChI is InChI=1S/C40H57IN6O8/c1-40(2,41)55-39(54)45-32(26-17-9-6-10-18-26)38(53)47-23-27-19-12-20-28(27)33(47)35(50)43-29(21-24-13-11-14-24)34(49)36(51)42-22-30(48)44-31(37(52)46(3)4)25-15-7-5-8-16-25/h5,7-8,15-16,24,26-29,31-33H,6,9-14,17-23H2,1-4H3,(H,42,51)(H,43,50)(H,44,48)(H,45,54)/t27-,28-,29?,31-,32-,33-/m0/s1. The van der Waals surface area contributed by atoms with Crippen LogP contribution in [0.1, 0.15) is 103 Å². The number of nitrogens with zero attached hydrogens (tertiary/aromatic N) is 2. The highest BCUT2D eigenvalue weighted by Crippen LogP contribution is 2.43. The zero-order valence-corrected chi connectivity index (χ0v) is 34.6. The third-order valence-electron chi connectivity index (χ3n) is 11.6. The first kappa shape index (κ1) is 42.4. The molecule has 1 aromatic carbocycles. The van der Waals surface area contributed by atoms with Gasteiger partial charge in [-0.25, -0.2) is 4.79 Å². The van der Waals surface area contributed by atoms with E-state index in [1.165, 1.54) is 4.90 Å². The number of hydrogen-bond acceptors (Lipinski definition) is 8. The van der Waals surface area contributed by atoms with E-state index in [4.69, 9.17) is 4.74 Å². The molecule has 0 radical (unpaired) electrons. The molecule has 15 heteroatoms. The van der Waals surface area contributed by atoms with Gasteiger partial charge in [-0.15, -0.1) is 0 Å². The van der Waals surface area contributed by atoms with E-state index in [0.29, 0.717) is 12.1 Å². The third-order valence-corrected chi connectivity index (χ3v) is 11.8. The largest absolute Gasteiger partial charge is 0.433 e. The van der Waals surface area contributed by atoms with Gasteiger partial charge in [-0.2, -0.15) is 0 Å². The maximum Gasteiger partial charge on any atom is 0.409 e. The van der Waals surface area contributed by atoms with Crippen LogP contribution in [0.25, 0.3) is 0 Å². The van der Waals surface area contributed by atoms with Crippen molar-refractivity contribution in [3.8, 4) is 0 Å². The normalized spacial score (nSPS) is 22.9. The Bertz CT molecular complexity index is 1570. The van der Waals surface area contributed by atoms with Gasteiger partial charge >= 0.3 is 6.09 Å². The minimum absolute atomic E-state index is 0.104. The van der Waals surface area contributed by atoms with Crippen LogP contribution in [0.15, 0.2) is 30.3 Å². The third kappa shape index (κ3) is 11.2. The number of carbonyl (C=O) groups is 7. The van der Waals surface area contributed by atoms with Crippen molar-refractivity contribution in [1.29, 1.82) is 0 Å². The molecule has 14 nitrogen and oxygen atoms in total. The summed E-state index contributed by atoms with van der Waals surface area (Å²) in [4.78, 5) is 97.8. The molecule has 0 bridgehead atoms. The number of likely N-dealkylation sites (tertiary alicyclic amines) is 1. The lowest BCUT2D eigenvalue weighted by Crippen LogP contribution is -2.59. The van der Waals surface area contributed by atoms with Crippen molar-refractivity contribution in [3.05, 3.63) is 35.9 Å². The molecule has 1 saturated heterocycles. The van der Waals surface area contributed by atoms with Crippen LogP contribution in [0, 0.1) is 23.7 Å². The topological polar surface area (TPSA) is 183 Å². The van der Waals surface area contributed by atoms with Crippen molar-refractivity contribution in [2.24, 2.45) is 23.7 Å². The fraction of sp³-hybridized carbons (Fsp3) is 0.675. The molecular formula is C40H57IN6O8. The van der Waals surface area contributed by atoms with Crippen LogP contribution in [0.2, 0.25) is 0 Å². The zero-order valence-electron chi connectivity index (χ0n) is 32.4. The Hall–Kier alpha value is -3.76. The van der Waals surface area contributed by atoms with E-state index in [2.05, 4.69) is 21.3 Å². The molecule has 1 aliphatic heterocycles. The number of carbonyl (C=O) groups excluding carboxylic acids is 7. The molecule has 4 N–H and O–H groups in total. The summed E-state index contributed by atoms with van der Waals surface area (Å²) < 4.78 is 4.75. The van der Waals surface area contributed by atoms with Gasteiger partial charge in [0.15, 0.2) is 3.61 Å². The predicted molar refractivity (Wildman–Crippen MR) is 212 cm³/mol. The van der Waals surface area contributed by atoms with Crippen molar-refractivity contribution in [3.63, 3.8) is 0 Å². The SMILES string of the molecule is CN(C)C(=O)[C@@H](NC(=O)CNC(=O)C(=O)C(CC1CCC1)NC(=O)[C@@H]1[C@H]2CCC[C@H]2CN1C(=O)[C@@H](NC(=O)OC(C)(C)I)C1CCCCC1)c1ccccc1. The minimum Gasteiger partial charge on any atom is -0.433 e. The molecule has 1 unspecified atom stereocenters. The quantitative estimate of drug-likeness (QED) is 0.117. The van der Waals surface area contributed by atoms with E-state index < -0.39 is 63.9 Å². The molecule has 4 fully saturated rings. The van der Waals surface area contributed by atoms with Gasteiger partial charge in [0, 0.05) is 20.6 Å². The molecular weight excluding hydrogens is 819 g/mol. The summed E-state index contributed by atoms with van der Waals surface area (Å²) in [5.41, 5.74) is 0.564. The van der Waals surface area contributed by atoms with E-state index in [1.807, 2.05) is 22.6 Å². The van der Waals surface area contributed by atoms with Crippen LogP contribution < -0.4 is 21.3 Å². The number of likely N-dealkylation sites (N-methyl/N-ethyl adjacent to an activating group) is 1. The average Bonchev–Trinajstić information content (AvgIpc) is 3.74. The number of nitrogens with one attached hydrogen (secondary N) is 4. The summed E-state index contributed by atoms with van der Waals surface area (Å²) in [6.07, 6.45) is 9.29. The number of amides is 6. The summed E-state index contributed by atoms with van der Waals surface area (Å²) >= 11 is 2.01. The van der Waals surface area contributed by atoms with Crippen molar-refractivity contribution < 1.29 is 38.3 Å². The van der Waals surface area contributed by atoms with Crippen molar-refractivity contribution in [1.82, 2.24) is 31.1 Å². The fourth-order valence-corrected chi connectivity index (χ4v) is 8.83. The van der Waals surface area contributed by atoms with E-state index in [-0.39, 0.29) is 41.9 Å². The molecule has 1 heterocycles. The number of halogens is 1. The lowest BCUT2D eigenvalue weighted by Gasteiger charge is -2.36. The molecule has 3 aliphatic carbocycles. The van der Waals surface area contributed by atoms with Crippen LogP contribution in [-0.2, 0) is 33.5 Å². The van der Waals surface area contributed by atoms with Crippen molar-refractivity contribution in [2.75, 3.05) is 27.2 Å². The smallest absolute Gasteiger partial charge is 0.409 e. The van der Waals surface area contributed by atoms with Gasteiger partial charge in [0.25, 0.3) is 5.91 Å². The number of rotatable bonds is 15. The molecule has 5 rings (SSSR count). The van der Waals surface area contributed by atoms with Gasteiger partial charge in [0.05, 0.1) is 12.6 Å². The maximum absolute atomic E-state index is 14.5. The first-order valence-corrected chi connectivity index (χ1v) is 20.9. The summed E-state index contributed by atoms with van der Waals surface area (Å²) in [5, 5.41) is 10.8. The first-order chi connectivity index (χ1) is 26.1. The Labute approximate surface area is 337 Å². The number of alkyl carbamates (subject to hydrolysis) is 1. The number of alkyl halides is 1. The molecule has 6 atom stereocenters. The molecule has 55 heavy (non-hydrogen) atoms.